The quantitative estimate of drug-likeness (QED) is 0.236. The van der Waals surface area contributed by atoms with Crippen LogP contribution in [0.3, 0.4) is 0 Å². The van der Waals surface area contributed by atoms with Gasteiger partial charge >= 0.3 is 0 Å². The molecule has 0 radical (unpaired) electrons. The SMILES string of the molecule is CCn1c(N2CCN(c3ccc(F)cc3)CC2)c(/C=C2\SC(=S)N(CCc3ccc(OC)c(OC)c3)C2=O)c(C)c(C#N)c1=O. The summed E-state index contributed by atoms with van der Waals surface area (Å²) in [5.74, 6) is 1.41. The first kappa shape index (κ1) is 32.1. The zero-order valence-electron chi connectivity index (χ0n) is 25.6. The number of hydrogen-bond donors (Lipinski definition) is 0. The van der Waals surface area contributed by atoms with Crippen molar-refractivity contribution in [2.75, 3.05) is 56.7 Å². The fourth-order valence-electron chi connectivity index (χ4n) is 5.71. The Bertz CT molecular complexity index is 1760. The predicted octanol–water partition coefficient (Wildman–Crippen LogP) is 4.98. The van der Waals surface area contributed by atoms with E-state index in [1.54, 1.807) is 48.8 Å². The Morgan fingerprint density at radius 3 is 2.31 bits per heavy atom. The Morgan fingerprint density at radius 2 is 1.69 bits per heavy atom. The lowest BCUT2D eigenvalue weighted by Crippen LogP contribution is -2.48. The monoisotopic (exact) mass is 647 g/mol. The molecule has 0 N–H and O–H groups in total. The number of pyridine rings is 1. The van der Waals surface area contributed by atoms with Gasteiger partial charge in [-0.1, -0.05) is 30.0 Å². The number of methoxy groups -OCH3 is 2. The van der Waals surface area contributed by atoms with Crippen molar-refractivity contribution in [3.63, 3.8) is 0 Å². The van der Waals surface area contributed by atoms with Crippen molar-refractivity contribution in [3.05, 3.63) is 85.8 Å². The number of thioether (sulfide) groups is 1. The maximum Gasteiger partial charge on any atom is 0.270 e. The number of carbonyl (C=O) groups excluding carboxylic acids is 1. The van der Waals surface area contributed by atoms with E-state index in [1.807, 2.05) is 25.1 Å². The molecule has 3 heterocycles. The average molecular weight is 648 g/mol. The molecule has 0 atom stereocenters. The summed E-state index contributed by atoms with van der Waals surface area (Å²) in [6, 6.07) is 14.1. The number of anilines is 2. The van der Waals surface area contributed by atoms with Gasteiger partial charge < -0.3 is 19.3 Å². The van der Waals surface area contributed by atoms with Crippen molar-refractivity contribution in [3.8, 4) is 17.6 Å². The molecule has 12 heteroatoms. The van der Waals surface area contributed by atoms with E-state index in [0.29, 0.717) is 83.4 Å². The Morgan fingerprint density at radius 1 is 1.02 bits per heavy atom. The van der Waals surface area contributed by atoms with Crippen LogP contribution < -0.4 is 24.8 Å². The van der Waals surface area contributed by atoms with Crippen LogP contribution in [0.5, 0.6) is 11.5 Å². The smallest absolute Gasteiger partial charge is 0.270 e. The topological polar surface area (TPSA) is 91.0 Å². The van der Waals surface area contributed by atoms with Gasteiger partial charge in [-0.2, -0.15) is 5.26 Å². The predicted molar refractivity (Wildman–Crippen MR) is 180 cm³/mol. The molecular weight excluding hydrogens is 614 g/mol. The van der Waals surface area contributed by atoms with Gasteiger partial charge in [-0.3, -0.25) is 19.1 Å². The first-order valence-electron chi connectivity index (χ1n) is 14.6. The number of hydrogen-bond acceptors (Lipinski definition) is 9. The first-order chi connectivity index (χ1) is 21.7. The average Bonchev–Trinajstić information content (AvgIpc) is 3.32. The third-order valence-electron chi connectivity index (χ3n) is 8.15. The Hall–Kier alpha value is -4.34. The molecule has 0 unspecified atom stereocenters. The van der Waals surface area contributed by atoms with E-state index in [2.05, 4.69) is 15.9 Å². The zero-order chi connectivity index (χ0) is 32.2. The van der Waals surface area contributed by atoms with Crippen LogP contribution >= 0.6 is 24.0 Å². The largest absolute Gasteiger partial charge is 0.493 e. The van der Waals surface area contributed by atoms with E-state index in [1.165, 1.54) is 23.9 Å². The molecule has 2 aliphatic heterocycles. The second kappa shape index (κ2) is 13.7. The Balaban J connectivity index is 1.44. The molecule has 5 rings (SSSR count). The summed E-state index contributed by atoms with van der Waals surface area (Å²) in [7, 11) is 3.16. The van der Waals surface area contributed by atoms with E-state index >= 15 is 0 Å². The highest BCUT2D eigenvalue weighted by Gasteiger charge is 2.33. The summed E-state index contributed by atoms with van der Waals surface area (Å²) in [6.45, 7) is 6.85. The molecule has 45 heavy (non-hydrogen) atoms. The standard InChI is InChI=1S/C33H34FN5O4S2/c1-5-38-30(37-16-14-36(15-17-37)24-9-7-23(34)8-10-24)25(21(2)26(20-35)31(38)40)19-29-32(41)39(33(44)45-29)13-12-22-6-11-27(42-3)28(18-22)43-4/h6-11,18-19H,5,12-17H2,1-4H3/b29-19-. The number of ether oxygens (including phenoxy) is 2. The summed E-state index contributed by atoms with van der Waals surface area (Å²) in [5.41, 5.74) is 2.78. The number of piperazine rings is 1. The number of amides is 1. The fourth-order valence-corrected chi connectivity index (χ4v) is 7.00. The van der Waals surface area contributed by atoms with Crippen LogP contribution in [-0.2, 0) is 17.8 Å². The number of benzene rings is 2. The summed E-state index contributed by atoms with van der Waals surface area (Å²) in [6.07, 6.45) is 2.33. The summed E-state index contributed by atoms with van der Waals surface area (Å²) in [4.78, 5) is 33.4. The van der Waals surface area contributed by atoms with Crippen molar-refractivity contribution >= 4 is 51.8 Å². The molecule has 9 nitrogen and oxygen atoms in total. The molecule has 3 aromatic rings. The molecule has 0 bridgehead atoms. The molecular formula is C33H34FN5O4S2. The van der Waals surface area contributed by atoms with Crippen LogP contribution in [0.2, 0.25) is 0 Å². The minimum atomic E-state index is -0.354. The van der Waals surface area contributed by atoms with Gasteiger partial charge in [0.2, 0.25) is 0 Å². The van der Waals surface area contributed by atoms with Crippen molar-refractivity contribution < 1.29 is 18.7 Å². The van der Waals surface area contributed by atoms with E-state index in [0.717, 1.165) is 11.3 Å². The molecule has 0 aliphatic carbocycles. The summed E-state index contributed by atoms with van der Waals surface area (Å²) < 4.78 is 26.3. The maximum atomic E-state index is 13.7. The second-order valence-corrected chi connectivity index (χ2v) is 12.3. The van der Waals surface area contributed by atoms with Gasteiger partial charge in [0, 0.05) is 50.5 Å². The number of nitrogens with zero attached hydrogens (tertiary/aromatic N) is 5. The van der Waals surface area contributed by atoms with E-state index < -0.39 is 0 Å². The van der Waals surface area contributed by atoms with Crippen molar-refractivity contribution in [2.45, 2.75) is 26.8 Å². The van der Waals surface area contributed by atoms with Crippen LogP contribution in [-0.4, -0.2) is 66.6 Å². The van der Waals surface area contributed by atoms with Crippen molar-refractivity contribution in [2.24, 2.45) is 0 Å². The van der Waals surface area contributed by atoms with Crippen LogP contribution in [0.25, 0.3) is 6.08 Å². The number of nitriles is 1. The molecule has 0 saturated carbocycles. The number of aromatic nitrogens is 1. The Labute approximate surface area is 271 Å². The van der Waals surface area contributed by atoms with Gasteiger partial charge in [0.25, 0.3) is 11.5 Å². The highest BCUT2D eigenvalue weighted by molar-refractivity contribution is 8.26. The van der Waals surface area contributed by atoms with Crippen LogP contribution in [0.1, 0.15) is 29.2 Å². The minimum Gasteiger partial charge on any atom is -0.493 e. The van der Waals surface area contributed by atoms with Gasteiger partial charge in [-0.05, 0) is 73.9 Å². The lowest BCUT2D eigenvalue weighted by molar-refractivity contribution is -0.122. The number of carbonyl (C=O) groups is 1. The molecule has 1 amide bonds. The van der Waals surface area contributed by atoms with Crippen molar-refractivity contribution in [1.82, 2.24) is 9.47 Å². The highest BCUT2D eigenvalue weighted by Crippen LogP contribution is 2.37. The number of thiocarbonyl (C=S) groups is 1. The second-order valence-electron chi connectivity index (χ2n) is 10.6. The highest BCUT2D eigenvalue weighted by atomic mass is 32.2. The minimum absolute atomic E-state index is 0.0562. The lowest BCUT2D eigenvalue weighted by Gasteiger charge is -2.39. The number of rotatable bonds is 9. The van der Waals surface area contributed by atoms with Crippen LogP contribution in [0, 0.1) is 24.1 Å². The van der Waals surface area contributed by atoms with Crippen LogP contribution in [0.15, 0.2) is 52.2 Å². The summed E-state index contributed by atoms with van der Waals surface area (Å²) in [5, 5.41) is 9.92. The Kier molecular flexibility index (Phi) is 9.80. The third kappa shape index (κ3) is 6.41. The molecule has 0 spiro atoms. The molecule has 1 aromatic heterocycles. The molecule has 2 fully saturated rings. The number of halogens is 1. The molecule has 2 aromatic carbocycles. The molecule has 2 saturated heterocycles. The molecule has 234 valence electrons. The first-order valence-corrected chi connectivity index (χ1v) is 15.8. The van der Waals surface area contributed by atoms with Gasteiger partial charge in [0.05, 0.1) is 19.1 Å². The van der Waals surface area contributed by atoms with Gasteiger partial charge in [0.1, 0.15) is 27.6 Å². The van der Waals surface area contributed by atoms with Crippen molar-refractivity contribution in [1.29, 1.82) is 5.26 Å². The van der Waals surface area contributed by atoms with E-state index in [9.17, 15) is 19.2 Å². The summed E-state index contributed by atoms with van der Waals surface area (Å²) >= 11 is 6.84. The zero-order valence-corrected chi connectivity index (χ0v) is 27.3. The van der Waals surface area contributed by atoms with Gasteiger partial charge in [-0.15, -0.1) is 0 Å². The lowest BCUT2D eigenvalue weighted by atomic mass is 10.0. The normalized spacial score (nSPS) is 16.0. The maximum absolute atomic E-state index is 13.7. The van der Waals surface area contributed by atoms with E-state index in [4.69, 9.17) is 21.7 Å². The third-order valence-corrected chi connectivity index (χ3v) is 9.53. The fraction of sp³-hybridized carbons (Fsp3) is 0.333. The van der Waals surface area contributed by atoms with E-state index in [-0.39, 0.29) is 22.8 Å². The molecule has 2 aliphatic rings. The van der Waals surface area contributed by atoms with Gasteiger partial charge in [-0.25, -0.2) is 4.39 Å². The van der Waals surface area contributed by atoms with Gasteiger partial charge in [0.15, 0.2) is 11.5 Å². The van der Waals surface area contributed by atoms with Crippen LogP contribution in [0.4, 0.5) is 15.9 Å².